The Balaban J connectivity index is 2.12. The number of esters is 1. The molecule has 1 aromatic rings. The minimum Gasteiger partial charge on any atom is -0.457 e. The number of carbonyl (C=O) groups excluding carboxylic acids is 1. The highest BCUT2D eigenvalue weighted by Crippen LogP contribution is 2.31. The summed E-state index contributed by atoms with van der Waals surface area (Å²) in [5.74, 6) is -0.761. The van der Waals surface area contributed by atoms with Crippen LogP contribution >= 0.6 is 0 Å². The standard InChI is InChI=1S/C16H22FNO3/c1-11(21-16(19)12-7-9-20-10-8-12)15-13(17)5-4-6-14(15)18(2)3/h4-6,11-12H,7-10H2,1-3H3/t11-/m1/s1. The summed E-state index contributed by atoms with van der Waals surface area (Å²) >= 11 is 0. The fourth-order valence-corrected chi connectivity index (χ4v) is 2.58. The Morgan fingerprint density at radius 2 is 2.05 bits per heavy atom. The molecule has 0 bridgehead atoms. The molecule has 1 aromatic carbocycles. The van der Waals surface area contributed by atoms with Crippen LogP contribution in [0.3, 0.4) is 0 Å². The normalized spacial score (nSPS) is 17.3. The first kappa shape index (κ1) is 15.8. The van der Waals surface area contributed by atoms with Crippen LogP contribution in [0.5, 0.6) is 0 Å². The van der Waals surface area contributed by atoms with E-state index in [2.05, 4.69) is 0 Å². The number of anilines is 1. The van der Waals surface area contributed by atoms with Crippen molar-refractivity contribution in [3.63, 3.8) is 0 Å². The van der Waals surface area contributed by atoms with E-state index >= 15 is 0 Å². The van der Waals surface area contributed by atoms with Gasteiger partial charge >= 0.3 is 5.97 Å². The zero-order chi connectivity index (χ0) is 15.4. The summed E-state index contributed by atoms with van der Waals surface area (Å²) in [6.45, 7) is 2.87. The van der Waals surface area contributed by atoms with Crippen molar-refractivity contribution in [2.75, 3.05) is 32.2 Å². The van der Waals surface area contributed by atoms with Crippen LogP contribution in [0.4, 0.5) is 10.1 Å². The molecule has 0 unspecified atom stereocenters. The number of halogens is 1. The zero-order valence-corrected chi connectivity index (χ0v) is 12.8. The van der Waals surface area contributed by atoms with Crippen LogP contribution in [-0.4, -0.2) is 33.3 Å². The Morgan fingerprint density at radius 3 is 2.67 bits per heavy atom. The van der Waals surface area contributed by atoms with E-state index in [1.807, 2.05) is 25.1 Å². The maximum absolute atomic E-state index is 14.1. The van der Waals surface area contributed by atoms with Gasteiger partial charge in [-0.15, -0.1) is 0 Å². The maximum atomic E-state index is 14.1. The Labute approximate surface area is 124 Å². The summed E-state index contributed by atoms with van der Waals surface area (Å²) in [6.07, 6.45) is 0.728. The molecule has 0 amide bonds. The molecule has 0 radical (unpaired) electrons. The molecule has 0 saturated carbocycles. The Morgan fingerprint density at radius 1 is 1.38 bits per heavy atom. The molecule has 1 aliphatic heterocycles. The van der Waals surface area contributed by atoms with Gasteiger partial charge in [-0.2, -0.15) is 0 Å². The Kier molecular flexibility index (Phi) is 5.17. The van der Waals surface area contributed by atoms with E-state index in [1.165, 1.54) is 6.07 Å². The number of ether oxygens (including phenoxy) is 2. The van der Waals surface area contributed by atoms with Crippen molar-refractivity contribution in [1.82, 2.24) is 0 Å². The van der Waals surface area contributed by atoms with Gasteiger partial charge in [0.25, 0.3) is 0 Å². The van der Waals surface area contributed by atoms with E-state index in [0.717, 1.165) is 5.69 Å². The zero-order valence-electron chi connectivity index (χ0n) is 12.8. The lowest BCUT2D eigenvalue weighted by atomic mass is 10.0. The third-order valence-electron chi connectivity index (χ3n) is 3.77. The van der Waals surface area contributed by atoms with Gasteiger partial charge in [-0.1, -0.05) is 6.07 Å². The molecule has 1 aliphatic rings. The summed E-state index contributed by atoms with van der Waals surface area (Å²) in [5, 5.41) is 0. The van der Waals surface area contributed by atoms with Crippen molar-refractivity contribution in [2.24, 2.45) is 5.92 Å². The molecule has 0 spiro atoms. The van der Waals surface area contributed by atoms with Gasteiger partial charge in [0, 0.05) is 33.0 Å². The Bertz CT molecular complexity index is 498. The first-order chi connectivity index (χ1) is 10.0. The lowest BCUT2D eigenvalue weighted by Gasteiger charge is -2.25. The molecule has 0 N–H and O–H groups in total. The van der Waals surface area contributed by atoms with E-state index in [1.54, 1.807) is 13.0 Å². The van der Waals surface area contributed by atoms with Gasteiger partial charge in [-0.05, 0) is 31.9 Å². The molecule has 5 heteroatoms. The maximum Gasteiger partial charge on any atom is 0.309 e. The first-order valence-corrected chi connectivity index (χ1v) is 7.24. The summed E-state index contributed by atoms with van der Waals surface area (Å²) in [6, 6.07) is 4.86. The van der Waals surface area contributed by atoms with Crippen molar-refractivity contribution in [1.29, 1.82) is 0 Å². The molecule has 0 aromatic heterocycles. The second-order valence-corrected chi connectivity index (χ2v) is 5.53. The van der Waals surface area contributed by atoms with Crippen LogP contribution in [0.2, 0.25) is 0 Å². The fraction of sp³-hybridized carbons (Fsp3) is 0.562. The average molecular weight is 295 g/mol. The highest BCUT2D eigenvalue weighted by atomic mass is 19.1. The third kappa shape index (κ3) is 3.73. The minimum absolute atomic E-state index is 0.143. The van der Waals surface area contributed by atoms with Gasteiger partial charge in [-0.25, -0.2) is 4.39 Å². The van der Waals surface area contributed by atoms with Crippen molar-refractivity contribution in [2.45, 2.75) is 25.9 Å². The van der Waals surface area contributed by atoms with Crippen molar-refractivity contribution < 1.29 is 18.7 Å². The van der Waals surface area contributed by atoms with Crippen molar-refractivity contribution in [3.05, 3.63) is 29.6 Å². The second kappa shape index (κ2) is 6.89. The SMILES string of the molecule is C[C@@H](OC(=O)C1CCOCC1)c1c(F)cccc1N(C)C. The van der Waals surface area contributed by atoms with Crippen LogP contribution in [-0.2, 0) is 14.3 Å². The van der Waals surface area contributed by atoms with Crippen LogP contribution in [0.1, 0.15) is 31.4 Å². The molecule has 2 rings (SSSR count). The Hall–Kier alpha value is -1.62. The van der Waals surface area contributed by atoms with E-state index in [-0.39, 0.29) is 17.7 Å². The molecule has 0 aliphatic carbocycles. The second-order valence-electron chi connectivity index (χ2n) is 5.53. The molecule has 4 nitrogen and oxygen atoms in total. The highest BCUT2D eigenvalue weighted by molar-refractivity contribution is 5.73. The summed E-state index contributed by atoms with van der Waals surface area (Å²) in [4.78, 5) is 14.0. The fourth-order valence-electron chi connectivity index (χ4n) is 2.58. The summed E-state index contributed by atoms with van der Waals surface area (Å²) in [7, 11) is 3.68. The van der Waals surface area contributed by atoms with Crippen LogP contribution in [0.25, 0.3) is 0 Å². The number of carbonyl (C=O) groups is 1. The molecule has 21 heavy (non-hydrogen) atoms. The average Bonchev–Trinajstić information content (AvgIpc) is 2.47. The smallest absolute Gasteiger partial charge is 0.309 e. The third-order valence-corrected chi connectivity index (χ3v) is 3.77. The first-order valence-electron chi connectivity index (χ1n) is 7.24. The highest BCUT2D eigenvalue weighted by Gasteiger charge is 2.27. The minimum atomic E-state index is -0.612. The van der Waals surface area contributed by atoms with E-state index < -0.39 is 6.10 Å². The van der Waals surface area contributed by atoms with Gasteiger partial charge in [0.2, 0.25) is 0 Å². The van der Waals surface area contributed by atoms with Crippen LogP contribution in [0.15, 0.2) is 18.2 Å². The van der Waals surface area contributed by atoms with E-state index in [4.69, 9.17) is 9.47 Å². The molecular formula is C16H22FNO3. The van der Waals surface area contributed by atoms with Crippen LogP contribution in [0, 0.1) is 11.7 Å². The van der Waals surface area contributed by atoms with Crippen molar-refractivity contribution in [3.8, 4) is 0 Å². The van der Waals surface area contributed by atoms with Gasteiger partial charge in [0.15, 0.2) is 0 Å². The molecule has 1 atom stereocenters. The lowest BCUT2D eigenvalue weighted by molar-refractivity contribution is -0.156. The molecule has 1 heterocycles. The molecular weight excluding hydrogens is 273 g/mol. The molecule has 1 saturated heterocycles. The number of nitrogens with zero attached hydrogens (tertiary/aromatic N) is 1. The largest absolute Gasteiger partial charge is 0.457 e. The van der Waals surface area contributed by atoms with Crippen LogP contribution < -0.4 is 4.90 Å². The summed E-state index contributed by atoms with van der Waals surface area (Å²) < 4.78 is 24.8. The quantitative estimate of drug-likeness (QED) is 0.801. The number of benzene rings is 1. The summed E-state index contributed by atoms with van der Waals surface area (Å²) in [5.41, 5.74) is 1.14. The number of hydrogen-bond donors (Lipinski definition) is 0. The number of rotatable bonds is 4. The van der Waals surface area contributed by atoms with Gasteiger partial charge < -0.3 is 14.4 Å². The van der Waals surface area contributed by atoms with Gasteiger partial charge in [-0.3, -0.25) is 4.79 Å². The molecule has 116 valence electrons. The monoisotopic (exact) mass is 295 g/mol. The van der Waals surface area contributed by atoms with Gasteiger partial charge in [0.1, 0.15) is 11.9 Å². The lowest BCUT2D eigenvalue weighted by Crippen LogP contribution is -2.26. The number of hydrogen-bond acceptors (Lipinski definition) is 4. The predicted octanol–water partition coefficient (Wildman–Crippen LogP) is 2.92. The van der Waals surface area contributed by atoms with Crippen molar-refractivity contribution >= 4 is 11.7 Å². The molecule has 1 fully saturated rings. The topological polar surface area (TPSA) is 38.8 Å². The predicted molar refractivity (Wildman–Crippen MR) is 78.8 cm³/mol. The van der Waals surface area contributed by atoms with Gasteiger partial charge in [0.05, 0.1) is 11.5 Å². The van der Waals surface area contributed by atoms with E-state index in [9.17, 15) is 9.18 Å². The van der Waals surface area contributed by atoms with E-state index in [0.29, 0.717) is 31.6 Å².